The number of fused-ring (bicyclic) bond motifs is 1. The van der Waals surface area contributed by atoms with Crippen molar-refractivity contribution in [2.45, 2.75) is 38.4 Å². The monoisotopic (exact) mass is 355 g/mol. The largest absolute Gasteiger partial charge is 0.337 e. The number of hydrogen-bond acceptors (Lipinski definition) is 3. The highest BCUT2D eigenvalue weighted by Crippen LogP contribution is 2.29. The Morgan fingerprint density at radius 2 is 2.04 bits per heavy atom. The van der Waals surface area contributed by atoms with Crippen LogP contribution >= 0.6 is 11.3 Å². The first-order valence-corrected chi connectivity index (χ1v) is 10.0. The second-order valence-electron chi connectivity index (χ2n) is 6.97. The fraction of sp³-hybridized carbons (Fsp3) is 0.450. The van der Waals surface area contributed by atoms with E-state index in [0.717, 1.165) is 45.4 Å². The van der Waals surface area contributed by atoms with Crippen molar-refractivity contribution in [1.82, 2.24) is 15.1 Å². The molecule has 2 aliphatic rings. The molecule has 0 bridgehead atoms. The maximum absolute atomic E-state index is 12.6. The molecule has 132 valence electrons. The zero-order valence-corrected chi connectivity index (χ0v) is 15.3. The molecule has 4 rings (SSSR count). The van der Waals surface area contributed by atoms with Gasteiger partial charge in [0.05, 0.1) is 6.54 Å². The molecule has 2 aromatic rings. The Hall–Kier alpha value is -1.85. The number of nitrogens with zero attached hydrogens (tertiary/aromatic N) is 2. The second-order valence-corrected chi connectivity index (χ2v) is 8.00. The molecule has 1 N–H and O–H groups in total. The number of carbonyl (C=O) groups excluding carboxylic acids is 1. The summed E-state index contributed by atoms with van der Waals surface area (Å²) in [5, 5.41) is 5.21. The van der Waals surface area contributed by atoms with Crippen LogP contribution in [0.3, 0.4) is 0 Å². The molecule has 2 amide bonds. The van der Waals surface area contributed by atoms with Crippen LogP contribution in [0.2, 0.25) is 0 Å². The Labute approximate surface area is 153 Å². The predicted molar refractivity (Wildman–Crippen MR) is 102 cm³/mol. The summed E-state index contributed by atoms with van der Waals surface area (Å²) in [6.07, 6.45) is 3.39. The fourth-order valence-corrected chi connectivity index (χ4v) is 4.19. The fourth-order valence-electron chi connectivity index (χ4n) is 3.49. The van der Waals surface area contributed by atoms with Gasteiger partial charge in [0.1, 0.15) is 0 Å². The van der Waals surface area contributed by atoms with Crippen LogP contribution in [0.25, 0.3) is 0 Å². The van der Waals surface area contributed by atoms with Crippen LogP contribution in [0.5, 0.6) is 0 Å². The van der Waals surface area contributed by atoms with Crippen molar-refractivity contribution < 1.29 is 4.79 Å². The van der Waals surface area contributed by atoms with Crippen LogP contribution in [-0.4, -0.2) is 41.5 Å². The van der Waals surface area contributed by atoms with E-state index in [9.17, 15) is 4.79 Å². The Morgan fingerprint density at radius 3 is 2.80 bits per heavy atom. The van der Waals surface area contributed by atoms with E-state index in [4.69, 9.17) is 0 Å². The lowest BCUT2D eigenvalue weighted by molar-refractivity contribution is 0.188. The third kappa shape index (κ3) is 4.22. The van der Waals surface area contributed by atoms with E-state index in [2.05, 4.69) is 52.0 Å². The zero-order valence-electron chi connectivity index (χ0n) is 14.5. The molecule has 1 saturated carbocycles. The topological polar surface area (TPSA) is 35.6 Å². The molecule has 1 fully saturated rings. The molecule has 0 unspecified atom stereocenters. The molecule has 5 heteroatoms. The van der Waals surface area contributed by atoms with Crippen LogP contribution in [0.1, 0.15) is 28.8 Å². The first kappa shape index (κ1) is 16.6. The van der Waals surface area contributed by atoms with Crippen molar-refractivity contribution in [3.8, 4) is 0 Å². The van der Waals surface area contributed by atoms with E-state index in [1.54, 1.807) is 11.3 Å². The third-order valence-corrected chi connectivity index (χ3v) is 5.93. The molecule has 0 radical (unpaired) electrons. The Balaban J connectivity index is 1.26. The number of benzene rings is 1. The van der Waals surface area contributed by atoms with Crippen LogP contribution in [0, 0.1) is 0 Å². The number of carbonyl (C=O) groups is 1. The van der Waals surface area contributed by atoms with Gasteiger partial charge in [-0.3, -0.25) is 4.90 Å². The summed E-state index contributed by atoms with van der Waals surface area (Å²) in [5.74, 6) is 0. The summed E-state index contributed by atoms with van der Waals surface area (Å²) < 4.78 is 0. The normalized spacial score (nSPS) is 17.1. The number of urea groups is 1. The van der Waals surface area contributed by atoms with Crippen LogP contribution in [0.15, 0.2) is 41.8 Å². The zero-order chi connectivity index (χ0) is 17.1. The number of rotatable bonds is 6. The molecule has 4 nitrogen and oxygen atoms in total. The first-order valence-electron chi connectivity index (χ1n) is 9.15. The standard InChI is InChI=1S/C20H25N3OS/c24-20(23(18-7-8-18)15-19-6-3-13-25-19)21-10-12-22-11-9-16-4-1-2-5-17(16)14-22/h1-6,13,18H,7-12,14-15H2,(H,21,24). The lowest BCUT2D eigenvalue weighted by atomic mass is 10.00. The predicted octanol–water partition coefficient (Wildman–Crippen LogP) is 3.48. The van der Waals surface area contributed by atoms with E-state index in [0.29, 0.717) is 12.6 Å². The Morgan fingerprint density at radius 1 is 1.20 bits per heavy atom. The molecule has 0 saturated heterocycles. The van der Waals surface area contributed by atoms with Crippen molar-refractivity contribution in [1.29, 1.82) is 0 Å². The SMILES string of the molecule is O=C(NCCN1CCc2ccccc2C1)N(Cc1cccs1)C1CC1. The van der Waals surface area contributed by atoms with Gasteiger partial charge < -0.3 is 10.2 Å². The lowest BCUT2D eigenvalue weighted by Gasteiger charge is -2.29. The van der Waals surface area contributed by atoms with E-state index in [1.165, 1.54) is 16.0 Å². The quantitative estimate of drug-likeness (QED) is 0.861. The summed E-state index contributed by atoms with van der Waals surface area (Å²) in [6.45, 7) is 4.44. The molecule has 2 heterocycles. The minimum absolute atomic E-state index is 0.0910. The van der Waals surface area contributed by atoms with Gasteiger partial charge in [-0.25, -0.2) is 4.79 Å². The summed E-state index contributed by atoms with van der Waals surface area (Å²) >= 11 is 1.72. The lowest BCUT2D eigenvalue weighted by Crippen LogP contribution is -2.44. The van der Waals surface area contributed by atoms with Crippen LogP contribution < -0.4 is 5.32 Å². The van der Waals surface area contributed by atoms with Crippen molar-refractivity contribution >= 4 is 17.4 Å². The van der Waals surface area contributed by atoms with Crippen LogP contribution in [-0.2, 0) is 19.5 Å². The molecule has 1 aliphatic carbocycles. The molecule has 0 atom stereocenters. The third-order valence-electron chi connectivity index (χ3n) is 5.07. The molecule has 1 aromatic carbocycles. The van der Waals surface area contributed by atoms with Gasteiger partial charge in [-0.1, -0.05) is 30.3 Å². The molecule has 0 spiro atoms. The minimum Gasteiger partial charge on any atom is -0.337 e. The van der Waals surface area contributed by atoms with Crippen LogP contribution in [0.4, 0.5) is 4.79 Å². The van der Waals surface area contributed by atoms with E-state index >= 15 is 0 Å². The van der Waals surface area contributed by atoms with Crippen molar-refractivity contribution in [3.05, 3.63) is 57.8 Å². The number of thiophene rings is 1. The molecular weight excluding hydrogens is 330 g/mol. The van der Waals surface area contributed by atoms with Crippen molar-refractivity contribution in [2.75, 3.05) is 19.6 Å². The van der Waals surface area contributed by atoms with Gasteiger partial charge in [-0.2, -0.15) is 0 Å². The Bertz CT molecular complexity index is 711. The van der Waals surface area contributed by atoms with E-state index < -0.39 is 0 Å². The highest BCUT2D eigenvalue weighted by molar-refractivity contribution is 7.09. The van der Waals surface area contributed by atoms with Gasteiger partial charge >= 0.3 is 6.03 Å². The van der Waals surface area contributed by atoms with Gasteiger partial charge in [-0.15, -0.1) is 11.3 Å². The summed E-state index contributed by atoms with van der Waals surface area (Å²) in [6, 6.07) is 13.4. The molecule has 25 heavy (non-hydrogen) atoms. The van der Waals surface area contributed by atoms with Gasteiger partial charge in [-0.05, 0) is 41.8 Å². The highest BCUT2D eigenvalue weighted by atomic mass is 32.1. The van der Waals surface area contributed by atoms with Gasteiger partial charge in [0.25, 0.3) is 0 Å². The minimum atomic E-state index is 0.0910. The van der Waals surface area contributed by atoms with Crippen molar-refractivity contribution in [3.63, 3.8) is 0 Å². The maximum atomic E-state index is 12.6. The maximum Gasteiger partial charge on any atom is 0.318 e. The average Bonchev–Trinajstić information content (AvgIpc) is 3.35. The summed E-state index contributed by atoms with van der Waals surface area (Å²) in [5.41, 5.74) is 2.90. The Kier molecular flexibility index (Phi) is 5.04. The smallest absolute Gasteiger partial charge is 0.318 e. The van der Waals surface area contributed by atoms with E-state index in [1.807, 2.05) is 4.90 Å². The van der Waals surface area contributed by atoms with Gasteiger partial charge in [0.15, 0.2) is 0 Å². The summed E-state index contributed by atoms with van der Waals surface area (Å²) in [7, 11) is 0. The summed E-state index contributed by atoms with van der Waals surface area (Å²) in [4.78, 5) is 18.3. The number of nitrogens with one attached hydrogen (secondary N) is 1. The van der Waals surface area contributed by atoms with Gasteiger partial charge in [0.2, 0.25) is 0 Å². The molecule has 1 aliphatic heterocycles. The average molecular weight is 356 g/mol. The highest BCUT2D eigenvalue weighted by Gasteiger charge is 2.32. The molecular formula is C20H25N3OS. The van der Waals surface area contributed by atoms with E-state index in [-0.39, 0.29) is 6.03 Å². The molecule has 1 aromatic heterocycles. The van der Waals surface area contributed by atoms with Gasteiger partial charge in [0, 0.05) is 37.1 Å². The number of hydrogen-bond donors (Lipinski definition) is 1. The number of amides is 2. The second kappa shape index (κ2) is 7.58. The first-order chi connectivity index (χ1) is 12.3. The van der Waals surface area contributed by atoms with Crippen molar-refractivity contribution in [2.24, 2.45) is 0 Å².